The van der Waals surface area contributed by atoms with E-state index < -0.39 is 16.1 Å². The monoisotopic (exact) mass is 415 g/mol. The number of benzene rings is 1. The third-order valence-electron chi connectivity index (χ3n) is 3.59. The van der Waals surface area contributed by atoms with E-state index >= 15 is 0 Å². The van der Waals surface area contributed by atoms with E-state index in [1.165, 1.54) is 27.8 Å². The minimum atomic E-state index is -3.69. The molecule has 1 N–H and O–H groups in total. The zero-order valence-corrected chi connectivity index (χ0v) is 15.2. The van der Waals surface area contributed by atoms with E-state index in [1.54, 1.807) is 23.7 Å². The van der Waals surface area contributed by atoms with Gasteiger partial charge in [0.05, 0.1) is 4.90 Å². The van der Waals surface area contributed by atoms with Gasteiger partial charge in [0.25, 0.3) is 0 Å². The van der Waals surface area contributed by atoms with E-state index in [0.29, 0.717) is 24.5 Å². The van der Waals surface area contributed by atoms with Crippen molar-refractivity contribution in [2.24, 2.45) is 0 Å². The van der Waals surface area contributed by atoms with Crippen LogP contribution in [-0.4, -0.2) is 36.2 Å². The van der Waals surface area contributed by atoms with E-state index in [-0.39, 0.29) is 10.8 Å². The Hall–Kier alpha value is -1.29. The second-order valence-electron chi connectivity index (χ2n) is 5.05. The largest absolute Gasteiger partial charge is 0.301 e. The van der Waals surface area contributed by atoms with Crippen molar-refractivity contribution in [2.45, 2.75) is 23.8 Å². The molecule has 23 heavy (non-hydrogen) atoms. The fourth-order valence-electron chi connectivity index (χ4n) is 2.51. The van der Waals surface area contributed by atoms with E-state index in [0.717, 1.165) is 4.47 Å². The highest BCUT2D eigenvalue weighted by Gasteiger charge is 2.39. The van der Waals surface area contributed by atoms with Crippen LogP contribution in [0.15, 0.2) is 45.2 Å². The molecule has 1 aromatic carbocycles. The van der Waals surface area contributed by atoms with Gasteiger partial charge in [0.1, 0.15) is 6.04 Å². The molecule has 122 valence electrons. The molecule has 0 saturated carbocycles. The van der Waals surface area contributed by atoms with Crippen molar-refractivity contribution >= 4 is 48.3 Å². The quantitative estimate of drug-likeness (QED) is 0.832. The van der Waals surface area contributed by atoms with Crippen molar-refractivity contribution in [3.05, 3.63) is 40.3 Å². The van der Waals surface area contributed by atoms with E-state index in [1.807, 2.05) is 0 Å². The van der Waals surface area contributed by atoms with Gasteiger partial charge in [-0.3, -0.25) is 4.79 Å². The van der Waals surface area contributed by atoms with Crippen LogP contribution in [0, 0.1) is 0 Å². The standard InChI is InChI=1S/C14H14BrN3O3S2/c15-10-3-5-11(6-4-10)23(20,21)18-8-1-2-12(18)13(19)17-14-16-7-9-22-14/h3-7,9,12H,1-2,8H2,(H,16,17,19). The summed E-state index contributed by atoms with van der Waals surface area (Å²) >= 11 is 4.59. The Labute approximate surface area is 146 Å². The Kier molecular flexibility index (Phi) is 4.81. The molecule has 1 aromatic heterocycles. The predicted molar refractivity (Wildman–Crippen MR) is 91.8 cm³/mol. The smallest absolute Gasteiger partial charge is 0.244 e. The average Bonchev–Trinajstić information content (AvgIpc) is 3.19. The molecule has 0 bridgehead atoms. The van der Waals surface area contributed by atoms with Crippen molar-refractivity contribution in [3.8, 4) is 0 Å². The molecular formula is C14H14BrN3O3S2. The number of hydrogen-bond donors (Lipinski definition) is 1. The average molecular weight is 416 g/mol. The zero-order valence-electron chi connectivity index (χ0n) is 12.0. The van der Waals surface area contributed by atoms with E-state index in [9.17, 15) is 13.2 Å². The molecule has 1 atom stereocenters. The number of sulfonamides is 1. The van der Waals surface area contributed by atoms with Gasteiger partial charge in [-0.1, -0.05) is 15.9 Å². The van der Waals surface area contributed by atoms with Crippen LogP contribution < -0.4 is 5.32 Å². The van der Waals surface area contributed by atoms with Gasteiger partial charge in [0.15, 0.2) is 5.13 Å². The van der Waals surface area contributed by atoms with Crippen LogP contribution in [0.3, 0.4) is 0 Å². The summed E-state index contributed by atoms with van der Waals surface area (Å²) in [6.07, 6.45) is 2.75. The maximum absolute atomic E-state index is 12.8. The normalized spacial score (nSPS) is 18.9. The fourth-order valence-corrected chi connectivity index (χ4v) is 4.96. The van der Waals surface area contributed by atoms with Crippen LogP contribution in [0.5, 0.6) is 0 Å². The van der Waals surface area contributed by atoms with E-state index in [4.69, 9.17) is 0 Å². The molecule has 0 aliphatic carbocycles. The number of carbonyl (C=O) groups excluding carboxylic acids is 1. The number of thiazole rings is 1. The first kappa shape index (κ1) is 16.6. The molecule has 1 amide bonds. The van der Waals surface area contributed by atoms with Crippen LogP contribution in [0.2, 0.25) is 0 Å². The van der Waals surface area contributed by atoms with Crippen molar-refractivity contribution in [3.63, 3.8) is 0 Å². The Morgan fingerprint density at radius 1 is 1.35 bits per heavy atom. The third-order valence-corrected chi connectivity index (χ3v) is 6.73. The third kappa shape index (κ3) is 3.47. The lowest BCUT2D eigenvalue weighted by molar-refractivity contribution is -0.119. The number of rotatable bonds is 4. The minimum absolute atomic E-state index is 0.189. The molecule has 6 nitrogen and oxygen atoms in total. The van der Waals surface area contributed by atoms with E-state index in [2.05, 4.69) is 26.2 Å². The van der Waals surface area contributed by atoms with Gasteiger partial charge in [0.2, 0.25) is 15.9 Å². The molecular weight excluding hydrogens is 402 g/mol. The number of carbonyl (C=O) groups is 1. The van der Waals surface area contributed by atoms with Crippen LogP contribution in [0.4, 0.5) is 5.13 Å². The molecule has 2 heterocycles. The predicted octanol–water partition coefficient (Wildman–Crippen LogP) is 2.70. The number of halogens is 1. The summed E-state index contributed by atoms with van der Waals surface area (Å²) in [4.78, 5) is 16.6. The Morgan fingerprint density at radius 2 is 2.09 bits per heavy atom. The van der Waals surface area contributed by atoms with Gasteiger partial charge in [-0.2, -0.15) is 4.31 Å². The van der Waals surface area contributed by atoms with Gasteiger partial charge in [0, 0.05) is 22.6 Å². The van der Waals surface area contributed by atoms with Crippen molar-refractivity contribution in [2.75, 3.05) is 11.9 Å². The SMILES string of the molecule is O=C(Nc1nccs1)C1CCCN1S(=O)(=O)c1ccc(Br)cc1. The molecule has 0 radical (unpaired) electrons. The Balaban J connectivity index is 1.83. The molecule has 1 aliphatic rings. The van der Waals surface area contributed by atoms with Crippen LogP contribution in [0.1, 0.15) is 12.8 Å². The van der Waals surface area contributed by atoms with Crippen molar-refractivity contribution in [1.29, 1.82) is 0 Å². The minimum Gasteiger partial charge on any atom is -0.301 e. The fraction of sp³-hybridized carbons (Fsp3) is 0.286. The summed E-state index contributed by atoms with van der Waals surface area (Å²) in [7, 11) is -3.69. The van der Waals surface area contributed by atoms with Crippen molar-refractivity contribution in [1.82, 2.24) is 9.29 Å². The summed E-state index contributed by atoms with van der Waals surface area (Å²) in [5.74, 6) is -0.335. The summed E-state index contributed by atoms with van der Waals surface area (Å²) in [6.45, 7) is 0.342. The first-order valence-electron chi connectivity index (χ1n) is 6.96. The number of aromatic nitrogens is 1. The first-order chi connectivity index (χ1) is 11.0. The lowest BCUT2D eigenvalue weighted by atomic mass is 10.2. The molecule has 1 fully saturated rings. The number of nitrogens with zero attached hydrogens (tertiary/aromatic N) is 2. The molecule has 2 aromatic rings. The highest BCUT2D eigenvalue weighted by Crippen LogP contribution is 2.28. The summed E-state index contributed by atoms with van der Waals surface area (Å²) in [5.41, 5.74) is 0. The Morgan fingerprint density at radius 3 is 2.74 bits per heavy atom. The summed E-state index contributed by atoms with van der Waals surface area (Å²) in [6, 6.07) is 5.72. The summed E-state index contributed by atoms with van der Waals surface area (Å²) in [5, 5.41) is 4.91. The number of amides is 1. The second-order valence-corrected chi connectivity index (χ2v) is 8.76. The van der Waals surface area contributed by atoms with Gasteiger partial charge < -0.3 is 5.32 Å². The summed E-state index contributed by atoms with van der Waals surface area (Å²) < 4.78 is 27.6. The highest BCUT2D eigenvalue weighted by molar-refractivity contribution is 9.10. The van der Waals surface area contributed by atoms with Gasteiger partial charge in [-0.15, -0.1) is 11.3 Å². The molecule has 1 saturated heterocycles. The molecule has 0 spiro atoms. The molecule has 1 aliphatic heterocycles. The molecule has 9 heteroatoms. The lowest BCUT2D eigenvalue weighted by Crippen LogP contribution is -2.43. The van der Waals surface area contributed by atoms with Gasteiger partial charge >= 0.3 is 0 Å². The second kappa shape index (κ2) is 6.68. The topological polar surface area (TPSA) is 79.4 Å². The number of nitrogens with one attached hydrogen (secondary N) is 1. The van der Waals surface area contributed by atoms with Gasteiger partial charge in [-0.25, -0.2) is 13.4 Å². The Bertz CT molecular complexity index is 791. The van der Waals surface area contributed by atoms with Gasteiger partial charge in [-0.05, 0) is 37.1 Å². The van der Waals surface area contributed by atoms with Crippen LogP contribution >= 0.6 is 27.3 Å². The van der Waals surface area contributed by atoms with Crippen molar-refractivity contribution < 1.29 is 13.2 Å². The number of anilines is 1. The molecule has 3 rings (SSSR count). The maximum atomic E-state index is 12.8. The van der Waals surface area contributed by atoms with Crippen LogP contribution in [0.25, 0.3) is 0 Å². The maximum Gasteiger partial charge on any atom is 0.244 e. The zero-order chi connectivity index (χ0) is 16.4. The lowest BCUT2D eigenvalue weighted by Gasteiger charge is -2.23. The van der Waals surface area contributed by atoms with Crippen LogP contribution in [-0.2, 0) is 14.8 Å². The highest BCUT2D eigenvalue weighted by atomic mass is 79.9. The number of hydrogen-bond acceptors (Lipinski definition) is 5. The first-order valence-corrected chi connectivity index (χ1v) is 10.1. The molecule has 1 unspecified atom stereocenters.